The fourth-order valence-electron chi connectivity index (χ4n) is 3.78. The zero-order valence-corrected chi connectivity index (χ0v) is 17.2. The molecule has 2 aliphatic rings. The second-order valence-electron chi connectivity index (χ2n) is 8.17. The predicted molar refractivity (Wildman–Crippen MR) is 117 cm³/mol. The van der Waals surface area contributed by atoms with Crippen LogP contribution in [-0.4, -0.2) is 18.0 Å². The van der Waals surface area contributed by atoms with E-state index in [0.717, 1.165) is 28.8 Å². The molecule has 0 radical (unpaired) electrons. The number of hydrazone groups is 1. The van der Waals surface area contributed by atoms with Crippen LogP contribution in [0.1, 0.15) is 43.9 Å². The lowest BCUT2D eigenvalue weighted by Gasteiger charge is -2.37. The fraction of sp³-hybridized carbons (Fsp3) is 0.261. The van der Waals surface area contributed by atoms with Crippen molar-refractivity contribution in [1.82, 2.24) is 10.7 Å². The van der Waals surface area contributed by atoms with Gasteiger partial charge in [-0.3, -0.25) is 4.79 Å². The standard InChI is InChI=1S/C23H23ClN4O/c1-23(2)12-18-20(19(29)13-23)21(16-8-10-17(24)11-9-16)27-22(26-18)28-25-14-15-6-4-3-5-7-15/h3-11,14,21H,12-13H2,1-2H3,(H2,26,27,28)/b25-14+. The van der Waals surface area contributed by atoms with Gasteiger partial charge in [0.25, 0.3) is 0 Å². The van der Waals surface area contributed by atoms with Gasteiger partial charge in [-0.2, -0.15) is 5.10 Å². The zero-order valence-electron chi connectivity index (χ0n) is 16.4. The van der Waals surface area contributed by atoms with Crippen LogP contribution < -0.4 is 10.7 Å². The van der Waals surface area contributed by atoms with Gasteiger partial charge in [-0.15, -0.1) is 0 Å². The number of nitrogens with zero attached hydrogens (tertiary/aromatic N) is 2. The van der Waals surface area contributed by atoms with Gasteiger partial charge in [0.1, 0.15) is 6.04 Å². The third kappa shape index (κ3) is 4.40. The average molecular weight is 407 g/mol. The summed E-state index contributed by atoms with van der Waals surface area (Å²) in [6.07, 6.45) is 3.03. The molecule has 5 nitrogen and oxygen atoms in total. The molecule has 2 aromatic carbocycles. The van der Waals surface area contributed by atoms with E-state index in [1.165, 1.54) is 0 Å². The van der Waals surface area contributed by atoms with E-state index in [2.05, 4.69) is 29.7 Å². The maximum Gasteiger partial charge on any atom is 0.217 e. The Balaban J connectivity index is 1.65. The molecule has 148 valence electrons. The second-order valence-corrected chi connectivity index (χ2v) is 8.61. The first-order chi connectivity index (χ1) is 13.9. The average Bonchev–Trinajstić information content (AvgIpc) is 2.67. The summed E-state index contributed by atoms with van der Waals surface area (Å²) in [7, 11) is 0. The number of hydrogen-bond acceptors (Lipinski definition) is 5. The number of guanidine groups is 1. The van der Waals surface area contributed by atoms with Gasteiger partial charge in [0.2, 0.25) is 5.96 Å². The topological polar surface area (TPSA) is 65.8 Å². The van der Waals surface area contributed by atoms with Gasteiger partial charge in [-0.1, -0.05) is 67.9 Å². The van der Waals surface area contributed by atoms with Crippen LogP contribution in [0.25, 0.3) is 0 Å². The van der Waals surface area contributed by atoms with Gasteiger partial charge in [-0.25, -0.2) is 10.4 Å². The third-order valence-electron chi connectivity index (χ3n) is 5.09. The number of allylic oxidation sites excluding steroid dienone is 1. The molecule has 0 fully saturated rings. The van der Waals surface area contributed by atoms with Crippen LogP contribution in [0.2, 0.25) is 5.02 Å². The third-order valence-corrected chi connectivity index (χ3v) is 5.34. The van der Waals surface area contributed by atoms with E-state index in [1.54, 1.807) is 6.21 Å². The van der Waals surface area contributed by atoms with Crippen molar-refractivity contribution in [3.63, 3.8) is 0 Å². The van der Waals surface area contributed by atoms with Crippen molar-refractivity contribution in [1.29, 1.82) is 0 Å². The summed E-state index contributed by atoms with van der Waals surface area (Å²) in [5, 5.41) is 8.26. The number of halogens is 1. The van der Waals surface area contributed by atoms with Crippen LogP contribution in [0.5, 0.6) is 0 Å². The Bertz CT molecular complexity index is 1010. The van der Waals surface area contributed by atoms with E-state index in [9.17, 15) is 4.79 Å². The van der Waals surface area contributed by atoms with E-state index in [0.29, 0.717) is 17.4 Å². The van der Waals surface area contributed by atoms with Crippen molar-refractivity contribution >= 4 is 29.6 Å². The highest BCUT2D eigenvalue weighted by molar-refractivity contribution is 6.30. The molecule has 29 heavy (non-hydrogen) atoms. The molecule has 6 heteroatoms. The largest absolute Gasteiger partial charge is 0.328 e. The quantitative estimate of drug-likeness (QED) is 0.578. The molecule has 2 aromatic rings. The Kier molecular flexibility index (Phi) is 5.24. The summed E-state index contributed by atoms with van der Waals surface area (Å²) in [5.74, 6) is 0.667. The fourth-order valence-corrected chi connectivity index (χ4v) is 3.91. The van der Waals surface area contributed by atoms with Crippen LogP contribution in [0.3, 0.4) is 0 Å². The SMILES string of the molecule is CC1(C)CC(=O)C2=C(C1)NC(N/N=C/c1ccccc1)=NC2c1ccc(Cl)cc1. The van der Waals surface area contributed by atoms with Gasteiger partial charge < -0.3 is 5.32 Å². The highest BCUT2D eigenvalue weighted by Crippen LogP contribution is 2.42. The zero-order chi connectivity index (χ0) is 20.4. The van der Waals surface area contributed by atoms with Crippen molar-refractivity contribution in [3.8, 4) is 0 Å². The molecule has 0 bridgehead atoms. The summed E-state index contributed by atoms with van der Waals surface area (Å²) in [4.78, 5) is 17.7. The first-order valence-corrected chi connectivity index (χ1v) is 10.00. The normalized spacial score (nSPS) is 20.9. The summed E-state index contributed by atoms with van der Waals surface area (Å²) in [6, 6.07) is 16.9. The van der Waals surface area contributed by atoms with Crippen LogP contribution >= 0.6 is 11.6 Å². The molecule has 1 unspecified atom stereocenters. The van der Waals surface area contributed by atoms with Gasteiger partial charge in [-0.05, 0) is 35.1 Å². The van der Waals surface area contributed by atoms with E-state index < -0.39 is 0 Å². The summed E-state index contributed by atoms with van der Waals surface area (Å²) in [5.41, 5.74) is 6.47. The van der Waals surface area contributed by atoms with E-state index in [-0.39, 0.29) is 17.2 Å². The summed E-state index contributed by atoms with van der Waals surface area (Å²) >= 11 is 6.05. The molecule has 1 aliphatic carbocycles. The molecule has 4 rings (SSSR count). The molecule has 0 amide bonds. The Hall–Kier alpha value is -2.92. The van der Waals surface area contributed by atoms with Crippen molar-refractivity contribution < 1.29 is 4.79 Å². The molecule has 1 heterocycles. The number of rotatable bonds is 3. The van der Waals surface area contributed by atoms with Gasteiger partial charge in [0, 0.05) is 22.7 Å². The number of nitrogens with one attached hydrogen (secondary N) is 2. The highest BCUT2D eigenvalue weighted by atomic mass is 35.5. The Morgan fingerprint density at radius 3 is 2.59 bits per heavy atom. The molecule has 0 aromatic heterocycles. The molecule has 0 spiro atoms. The maximum atomic E-state index is 13.0. The maximum absolute atomic E-state index is 13.0. The number of carbonyl (C=O) groups excluding carboxylic acids is 1. The Labute approximate surface area is 175 Å². The lowest BCUT2D eigenvalue weighted by molar-refractivity contribution is -0.118. The molecule has 0 saturated heterocycles. The molecule has 1 atom stereocenters. The first-order valence-electron chi connectivity index (χ1n) is 9.62. The van der Waals surface area contributed by atoms with Gasteiger partial charge in [0.15, 0.2) is 5.78 Å². The summed E-state index contributed by atoms with van der Waals surface area (Å²) < 4.78 is 0. The second kappa shape index (κ2) is 7.84. The van der Waals surface area contributed by atoms with Crippen LogP contribution in [0.4, 0.5) is 0 Å². The number of aliphatic imine (C=N–C) groups is 1. The van der Waals surface area contributed by atoms with Gasteiger partial charge in [0.05, 0.1) is 6.21 Å². The van der Waals surface area contributed by atoms with Crippen molar-refractivity contribution in [2.45, 2.75) is 32.7 Å². The molecule has 2 N–H and O–H groups in total. The van der Waals surface area contributed by atoms with Gasteiger partial charge >= 0.3 is 0 Å². The van der Waals surface area contributed by atoms with E-state index in [1.807, 2.05) is 54.6 Å². The number of benzene rings is 2. The minimum absolute atomic E-state index is 0.0940. The van der Waals surface area contributed by atoms with E-state index in [4.69, 9.17) is 16.6 Å². The van der Waals surface area contributed by atoms with Crippen LogP contribution in [0, 0.1) is 5.41 Å². The van der Waals surface area contributed by atoms with Crippen molar-refractivity contribution in [3.05, 3.63) is 82.0 Å². The van der Waals surface area contributed by atoms with Crippen LogP contribution in [0.15, 0.2) is 76.0 Å². The Morgan fingerprint density at radius 2 is 1.86 bits per heavy atom. The Morgan fingerprint density at radius 1 is 1.14 bits per heavy atom. The molecular weight excluding hydrogens is 384 g/mol. The monoisotopic (exact) mass is 406 g/mol. The number of carbonyl (C=O) groups is 1. The minimum Gasteiger partial charge on any atom is -0.328 e. The predicted octanol–water partition coefficient (Wildman–Crippen LogP) is 4.61. The first kappa shape index (κ1) is 19.4. The summed E-state index contributed by atoms with van der Waals surface area (Å²) in [6.45, 7) is 4.22. The smallest absolute Gasteiger partial charge is 0.217 e. The minimum atomic E-state index is -0.374. The van der Waals surface area contributed by atoms with Crippen LogP contribution in [-0.2, 0) is 4.79 Å². The molecule has 0 saturated carbocycles. The number of hydrogen-bond donors (Lipinski definition) is 2. The molecule has 1 aliphatic heterocycles. The lowest BCUT2D eigenvalue weighted by Crippen LogP contribution is -2.43. The number of Topliss-reactive ketones (excluding diaryl/α,β-unsaturated/α-hetero) is 1. The van der Waals surface area contributed by atoms with E-state index >= 15 is 0 Å². The number of ketones is 1. The van der Waals surface area contributed by atoms with Crippen molar-refractivity contribution in [2.75, 3.05) is 0 Å². The molecular formula is C23H23ClN4O. The van der Waals surface area contributed by atoms with Crippen molar-refractivity contribution in [2.24, 2.45) is 15.5 Å². The lowest BCUT2D eigenvalue weighted by atomic mass is 9.73. The highest BCUT2D eigenvalue weighted by Gasteiger charge is 2.39.